The summed E-state index contributed by atoms with van der Waals surface area (Å²) in [7, 11) is 0. The Morgan fingerprint density at radius 2 is 0.793 bits per heavy atom. The fourth-order valence-electron chi connectivity index (χ4n) is 7.25. The second-order valence-corrected chi connectivity index (χ2v) is 39.2. The molecule has 0 aliphatic rings. The lowest BCUT2D eigenvalue weighted by Gasteiger charge is -2.26. The van der Waals surface area contributed by atoms with Gasteiger partial charge < -0.3 is 31.3 Å². The minimum Gasteiger partial charge on any atom is -0.376 e. The van der Waals surface area contributed by atoms with Crippen molar-refractivity contribution in [3.8, 4) is 11.8 Å². The Morgan fingerprint density at radius 3 is 1.13 bits per heavy atom. The Kier molecular flexibility index (Phi) is 48.4. The Balaban J connectivity index is -0.000000221. The first-order valence-corrected chi connectivity index (χ1v) is 34.5. The van der Waals surface area contributed by atoms with E-state index in [0.29, 0.717) is 38.5 Å². The molecule has 1 rings (SSSR count). The number of unbranched alkanes of at least 4 members (excludes halogenated alkanes) is 1. The van der Waals surface area contributed by atoms with Gasteiger partial charge in [0.05, 0.1) is 12.1 Å². The SMILES string of the molecule is CC(C)(C)/C=C/CNC(C)(C)C.CC(C)(C)C#CCNC(C)(C)C.CC(C)(C)CCCCC(C)(C)C.CC(C)(C)CCCNC(C)(C)C.CC(C)(C)CCCOC(C)(C)C.CC(C)(C)NCc1ccccc1C(C)(C)C.CC(C)NC/C=C\C(C)(C)C. The molecule has 0 bridgehead atoms. The van der Waals surface area contributed by atoms with Gasteiger partial charge in [-0.15, -0.1) is 0 Å². The molecule has 0 saturated carbocycles. The van der Waals surface area contributed by atoms with Crippen molar-refractivity contribution in [3.05, 3.63) is 59.7 Å². The number of nitrogens with one attached hydrogen (secondary N) is 5. The van der Waals surface area contributed by atoms with Crippen LogP contribution in [0.25, 0.3) is 0 Å². The van der Waals surface area contributed by atoms with Gasteiger partial charge in [0.1, 0.15) is 0 Å². The van der Waals surface area contributed by atoms with Gasteiger partial charge >= 0.3 is 0 Å². The summed E-state index contributed by atoms with van der Waals surface area (Å²) in [4.78, 5) is 0. The Morgan fingerprint density at radius 1 is 0.425 bits per heavy atom. The van der Waals surface area contributed by atoms with Crippen molar-refractivity contribution in [2.75, 3.05) is 32.8 Å². The number of benzene rings is 1. The molecule has 1 aromatic carbocycles. The Bertz CT molecular complexity index is 1770. The quantitative estimate of drug-likeness (QED) is 0.0608. The molecule has 6 heteroatoms. The second kappa shape index (κ2) is 43.8. The van der Waals surface area contributed by atoms with Crippen molar-refractivity contribution in [1.82, 2.24) is 26.6 Å². The second-order valence-electron chi connectivity index (χ2n) is 39.2. The van der Waals surface area contributed by atoms with E-state index in [1.807, 2.05) is 0 Å². The maximum Gasteiger partial charge on any atom is 0.0598 e. The van der Waals surface area contributed by atoms with Crippen molar-refractivity contribution in [2.24, 2.45) is 37.9 Å². The van der Waals surface area contributed by atoms with Crippen LogP contribution in [0.4, 0.5) is 0 Å². The number of ether oxygens (including phenoxy) is 1. The molecular weight excluding hydrogens is 1060 g/mol. The van der Waals surface area contributed by atoms with Gasteiger partial charge in [0.25, 0.3) is 0 Å². The molecule has 0 aliphatic heterocycles. The summed E-state index contributed by atoms with van der Waals surface area (Å²) in [6.45, 7) is 96.6. The van der Waals surface area contributed by atoms with Crippen LogP contribution in [0.15, 0.2) is 48.6 Å². The first-order valence-electron chi connectivity index (χ1n) is 34.5. The fraction of sp³-hybridized carbons (Fsp3) is 0.852. The summed E-state index contributed by atoms with van der Waals surface area (Å²) in [5, 5.41) is 17.1. The van der Waals surface area contributed by atoms with E-state index in [9.17, 15) is 0 Å². The van der Waals surface area contributed by atoms with Crippen molar-refractivity contribution in [3.63, 3.8) is 0 Å². The number of allylic oxidation sites excluding steroid dienone is 2. The molecule has 0 spiro atoms. The molecule has 6 nitrogen and oxygen atoms in total. The van der Waals surface area contributed by atoms with Crippen molar-refractivity contribution in [1.29, 1.82) is 0 Å². The molecule has 0 atom stereocenters. The molecule has 0 unspecified atom stereocenters. The molecule has 5 N–H and O–H groups in total. The van der Waals surface area contributed by atoms with Crippen molar-refractivity contribution < 1.29 is 4.74 Å². The average Bonchev–Trinajstić information content (AvgIpc) is 3.24. The molecule has 0 heterocycles. The molecule has 87 heavy (non-hydrogen) atoms. The lowest BCUT2D eigenvalue weighted by Crippen LogP contribution is -2.36. The van der Waals surface area contributed by atoms with E-state index in [1.54, 1.807) is 0 Å². The van der Waals surface area contributed by atoms with E-state index < -0.39 is 0 Å². The zero-order chi connectivity index (χ0) is 70.4. The van der Waals surface area contributed by atoms with Crippen LogP contribution in [-0.4, -0.2) is 66.6 Å². The molecule has 0 aliphatic carbocycles. The molecular formula is C81H165N5O. The van der Waals surface area contributed by atoms with E-state index in [1.165, 1.54) is 62.5 Å². The molecule has 0 saturated heterocycles. The molecule has 0 aromatic heterocycles. The van der Waals surface area contributed by atoms with E-state index in [-0.39, 0.29) is 38.6 Å². The van der Waals surface area contributed by atoms with E-state index in [0.717, 1.165) is 39.3 Å². The van der Waals surface area contributed by atoms with Gasteiger partial charge in [0.15, 0.2) is 0 Å². The normalized spacial score (nSPS) is 13.3. The smallest absolute Gasteiger partial charge is 0.0598 e. The van der Waals surface area contributed by atoms with Gasteiger partial charge in [-0.3, -0.25) is 0 Å². The first kappa shape index (κ1) is 96.1. The number of hydrogen-bond acceptors (Lipinski definition) is 6. The summed E-state index contributed by atoms with van der Waals surface area (Å²) in [6, 6.07) is 9.29. The average molecular weight is 1230 g/mol. The highest BCUT2D eigenvalue weighted by Gasteiger charge is 2.19. The van der Waals surface area contributed by atoms with Gasteiger partial charge in [0, 0.05) is 59.9 Å². The van der Waals surface area contributed by atoms with Gasteiger partial charge in [0.2, 0.25) is 0 Å². The van der Waals surface area contributed by atoms with Crippen molar-refractivity contribution in [2.45, 2.75) is 381 Å². The predicted octanol–water partition coefficient (Wildman–Crippen LogP) is 23.3. The number of rotatable bonds is 17. The standard InChI is InChI=1S/C15H25N.C12H26.C11H25N.C11H23N.C11H21N.C11H24O.C10H21N/c1-14(2,3)13-10-8-7-9-12(13)11-16-15(4,5)6;1-11(2,3)9-7-8-10-12(4,5)6;4*1-10(2,3)8-7-9-12-11(4,5)6;1-9(2)11-8-6-7-10(3,4)5/h7-10,16H,11H2,1-6H3;7-10H2,1-6H3;12H,7-9H2,1-6H3;7-8,12H,9H2,1-6H3;12H,9H2,1-6H3;7-9H2,1-6H3;6-7,9,11H,8H2,1-5H3/b;;;8-7+;;;7-6-. The van der Waals surface area contributed by atoms with E-state index >= 15 is 0 Å². The predicted molar refractivity (Wildman–Crippen MR) is 403 cm³/mol. The maximum atomic E-state index is 5.62. The van der Waals surface area contributed by atoms with Gasteiger partial charge in [-0.2, -0.15) is 0 Å². The highest BCUT2D eigenvalue weighted by atomic mass is 16.5. The molecule has 520 valence electrons. The van der Waals surface area contributed by atoms with Gasteiger partial charge in [-0.25, -0.2) is 0 Å². The third-order valence-corrected chi connectivity index (χ3v) is 11.9. The van der Waals surface area contributed by atoms with Crippen LogP contribution in [0.3, 0.4) is 0 Å². The third kappa shape index (κ3) is 103. The van der Waals surface area contributed by atoms with Gasteiger partial charge in [-0.1, -0.05) is 232 Å². The highest BCUT2D eigenvalue weighted by Crippen LogP contribution is 2.28. The monoisotopic (exact) mass is 1220 g/mol. The summed E-state index contributed by atoms with van der Waals surface area (Å²) in [5.74, 6) is 6.30. The summed E-state index contributed by atoms with van der Waals surface area (Å²) < 4.78 is 5.62. The van der Waals surface area contributed by atoms with Crippen molar-refractivity contribution >= 4 is 0 Å². The maximum absolute atomic E-state index is 5.62. The van der Waals surface area contributed by atoms with E-state index in [4.69, 9.17) is 4.74 Å². The third-order valence-electron chi connectivity index (χ3n) is 11.9. The molecule has 1 aromatic rings. The summed E-state index contributed by atoms with van der Waals surface area (Å²) in [6.07, 6.45) is 19.4. The Labute approximate surface area is 551 Å². The fourth-order valence-corrected chi connectivity index (χ4v) is 7.25. The summed E-state index contributed by atoms with van der Waals surface area (Å²) >= 11 is 0. The first-order chi connectivity index (χ1) is 38.2. The number of hydrogen-bond donors (Lipinski definition) is 5. The minimum absolute atomic E-state index is 0.0257. The lowest BCUT2D eigenvalue weighted by atomic mass is 9.83. The van der Waals surface area contributed by atoms with Crippen LogP contribution >= 0.6 is 0 Å². The topological polar surface area (TPSA) is 69.4 Å². The summed E-state index contributed by atoms with van der Waals surface area (Å²) in [5.41, 5.74) is 6.66. The lowest BCUT2D eigenvalue weighted by molar-refractivity contribution is -0.00721. The van der Waals surface area contributed by atoms with Crippen LogP contribution in [0.2, 0.25) is 0 Å². The Hall–Kier alpha value is -1.98. The van der Waals surface area contributed by atoms with Crippen LogP contribution in [0.1, 0.15) is 346 Å². The van der Waals surface area contributed by atoms with Crippen LogP contribution < -0.4 is 26.6 Å². The van der Waals surface area contributed by atoms with E-state index in [2.05, 4.69) is 371 Å². The molecule has 0 radical (unpaired) electrons. The van der Waals surface area contributed by atoms with Crippen LogP contribution in [-0.2, 0) is 16.7 Å². The minimum atomic E-state index is 0.0257. The van der Waals surface area contributed by atoms with Crippen LogP contribution in [0, 0.1) is 49.7 Å². The molecule has 0 fully saturated rings. The zero-order valence-corrected chi connectivity index (χ0v) is 67.5. The zero-order valence-electron chi connectivity index (χ0n) is 67.5. The molecule has 0 amide bonds. The largest absolute Gasteiger partial charge is 0.376 e. The highest BCUT2D eigenvalue weighted by molar-refractivity contribution is 5.32. The van der Waals surface area contributed by atoms with Crippen LogP contribution in [0.5, 0.6) is 0 Å². The van der Waals surface area contributed by atoms with Gasteiger partial charge in [-0.05, 0) is 219 Å².